The lowest BCUT2D eigenvalue weighted by atomic mass is 9.94. The number of ether oxygens (including phenoxy) is 1. The van der Waals surface area contributed by atoms with Gasteiger partial charge in [0, 0.05) is 19.1 Å². The minimum Gasteiger partial charge on any atom is -0.462 e. The number of H-pyrrole nitrogens is 1. The molecule has 0 aliphatic carbocycles. The first-order chi connectivity index (χ1) is 12.8. The van der Waals surface area contributed by atoms with Crippen LogP contribution in [0.15, 0.2) is 11.2 Å². The van der Waals surface area contributed by atoms with Crippen LogP contribution in [0.3, 0.4) is 0 Å². The van der Waals surface area contributed by atoms with Gasteiger partial charge in [-0.2, -0.15) is 9.40 Å². The van der Waals surface area contributed by atoms with Crippen molar-refractivity contribution in [2.45, 2.75) is 57.5 Å². The van der Waals surface area contributed by atoms with Gasteiger partial charge >= 0.3 is 5.97 Å². The van der Waals surface area contributed by atoms with Gasteiger partial charge in [0.15, 0.2) is 5.03 Å². The number of hydrogen-bond acceptors (Lipinski definition) is 6. The number of aromatic nitrogens is 2. The molecule has 1 aromatic heterocycles. The highest BCUT2D eigenvalue weighted by molar-refractivity contribution is 7.89. The summed E-state index contributed by atoms with van der Waals surface area (Å²) in [4.78, 5) is 24.4. The summed E-state index contributed by atoms with van der Waals surface area (Å²) in [5.41, 5.74) is -0.126. The maximum atomic E-state index is 13.1. The Balaban J connectivity index is 2.20. The summed E-state index contributed by atoms with van der Waals surface area (Å²) in [6.45, 7) is 6.26. The Labute approximate surface area is 159 Å². The van der Waals surface area contributed by atoms with Crippen LogP contribution >= 0.6 is 0 Å². The molecule has 2 unspecified atom stereocenters. The Kier molecular flexibility index (Phi) is 7.37. The van der Waals surface area contributed by atoms with Crippen LogP contribution in [0.1, 0.15) is 56.8 Å². The molecule has 10 heteroatoms. The highest BCUT2D eigenvalue weighted by Crippen LogP contribution is 2.29. The number of nitrogens with zero attached hydrogens (tertiary/aromatic N) is 2. The maximum Gasteiger partial charge on any atom is 0.342 e. The van der Waals surface area contributed by atoms with Crippen LogP contribution in [0.25, 0.3) is 0 Å². The van der Waals surface area contributed by atoms with Crippen LogP contribution in [0.5, 0.6) is 0 Å². The molecule has 2 rings (SSSR count). The van der Waals surface area contributed by atoms with Gasteiger partial charge in [-0.1, -0.05) is 13.3 Å². The molecule has 1 fully saturated rings. The van der Waals surface area contributed by atoms with E-state index < -0.39 is 21.9 Å². The molecule has 0 saturated carbocycles. The van der Waals surface area contributed by atoms with E-state index in [1.807, 2.05) is 6.92 Å². The molecule has 152 valence electrons. The van der Waals surface area contributed by atoms with Crippen LogP contribution in [0, 0.1) is 5.92 Å². The van der Waals surface area contributed by atoms with Crippen molar-refractivity contribution in [1.82, 2.24) is 19.8 Å². The summed E-state index contributed by atoms with van der Waals surface area (Å²) in [5, 5.41) is 8.69. The zero-order valence-corrected chi connectivity index (χ0v) is 16.8. The van der Waals surface area contributed by atoms with E-state index in [4.69, 9.17) is 4.74 Å². The van der Waals surface area contributed by atoms with Gasteiger partial charge in [0.1, 0.15) is 5.56 Å². The molecular formula is C17H28N4O5S. The standard InChI is InChI=1S/C17H28N4O5S/c1-4-6-9-18-15(22)13-8-7-12(3)21(11-13)27(24,25)16-14(10-19-20-16)17(23)26-5-2/h10,12-13H,4-9,11H2,1-3H3,(H,18,22)(H,19,20). The summed E-state index contributed by atoms with van der Waals surface area (Å²) in [6.07, 6.45) is 4.19. The van der Waals surface area contributed by atoms with Crippen LogP contribution in [-0.2, 0) is 19.6 Å². The number of nitrogens with one attached hydrogen (secondary N) is 2. The fourth-order valence-corrected chi connectivity index (χ4v) is 4.87. The number of piperidine rings is 1. The number of rotatable bonds is 8. The molecule has 1 aliphatic rings. The van der Waals surface area contributed by atoms with E-state index in [0.29, 0.717) is 19.4 Å². The third-order valence-corrected chi connectivity index (χ3v) is 6.65. The second-order valence-corrected chi connectivity index (χ2v) is 8.50. The molecule has 1 aromatic rings. The quantitative estimate of drug-likeness (QED) is 0.501. The monoisotopic (exact) mass is 400 g/mol. The van der Waals surface area contributed by atoms with Gasteiger partial charge in [0.25, 0.3) is 10.0 Å². The third-order valence-electron chi connectivity index (χ3n) is 4.69. The van der Waals surface area contributed by atoms with E-state index in [9.17, 15) is 18.0 Å². The third kappa shape index (κ3) is 4.86. The SMILES string of the molecule is CCCCNC(=O)C1CCC(C)N(S(=O)(=O)c2[nH]ncc2C(=O)OCC)C1. The lowest BCUT2D eigenvalue weighted by molar-refractivity contribution is -0.126. The minimum atomic E-state index is -4.02. The number of hydrogen-bond donors (Lipinski definition) is 2. The summed E-state index contributed by atoms with van der Waals surface area (Å²) in [6, 6.07) is -0.284. The molecule has 9 nitrogen and oxygen atoms in total. The van der Waals surface area contributed by atoms with E-state index in [2.05, 4.69) is 15.5 Å². The van der Waals surface area contributed by atoms with Crippen molar-refractivity contribution in [2.75, 3.05) is 19.7 Å². The first-order valence-electron chi connectivity index (χ1n) is 9.32. The van der Waals surface area contributed by atoms with Gasteiger partial charge in [0.2, 0.25) is 5.91 Å². The molecule has 27 heavy (non-hydrogen) atoms. The second-order valence-electron chi connectivity index (χ2n) is 6.68. The van der Waals surface area contributed by atoms with Crippen molar-refractivity contribution in [1.29, 1.82) is 0 Å². The normalized spacial score (nSPS) is 21.0. The largest absolute Gasteiger partial charge is 0.462 e. The molecule has 2 atom stereocenters. The van der Waals surface area contributed by atoms with Crippen molar-refractivity contribution in [3.63, 3.8) is 0 Å². The maximum absolute atomic E-state index is 13.1. The van der Waals surface area contributed by atoms with Crippen molar-refractivity contribution >= 4 is 21.9 Å². The highest BCUT2D eigenvalue weighted by Gasteiger charge is 2.40. The Morgan fingerprint density at radius 1 is 1.37 bits per heavy atom. The van der Waals surface area contributed by atoms with Crippen LogP contribution in [0.2, 0.25) is 0 Å². The molecule has 1 saturated heterocycles. The predicted octanol–water partition coefficient (Wildman–Crippen LogP) is 1.29. The summed E-state index contributed by atoms with van der Waals surface area (Å²) < 4.78 is 32.4. The van der Waals surface area contributed by atoms with Crippen LogP contribution in [-0.4, -0.2) is 60.5 Å². The number of carbonyl (C=O) groups excluding carboxylic acids is 2. The average Bonchev–Trinajstić information content (AvgIpc) is 3.13. The molecule has 2 heterocycles. The van der Waals surface area contributed by atoms with Gasteiger partial charge in [-0.3, -0.25) is 9.89 Å². The average molecular weight is 401 g/mol. The lowest BCUT2D eigenvalue weighted by Gasteiger charge is -2.36. The van der Waals surface area contributed by atoms with Gasteiger partial charge < -0.3 is 10.1 Å². The fourth-order valence-electron chi connectivity index (χ4n) is 3.10. The van der Waals surface area contributed by atoms with Crippen LogP contribution in [0.4, 0.5) is 0 Å². The molecule has 1 amide bonds. The zero-order chi connectivity index (χ0) is 20.0. The van der Waals surface area contributed by atoms with E-state index in [0.717, 1.165) is 19.0 Å². The van der Waals surface area contributed by atoms with Crippen molar-refractivity contribution in [3.8, 4) is 0 Å². The molecule has 2 N–H and O–H groups in total. The molecule has 0 bridgehead atoms. The number of aromatic amines is 1. The van der Waals surface area contributed by atoms with Gasteiger partial charge in [-0.05, 0) is 33.1 Å². The number of amides is 1. The Morgan fingerprint density at radius 2 is 2.11 bits per heavy atom. The predicted molar refractivity (Wildman–Crippen MR) is 98.5 cm³/mol. The van der Waals surface area contributed by atoms with Crippen molar-refractivity contribution < 1.29 is 22.7 Å². The summed E-state index contributed by atoms with van der Waals surface area (Å²) in [7, 11) is -4.02. The Hall–Kier alpha value is -1.94. The fraction of sp³-hybridized carbons (Fsp3) is 0.706. The van der Waals surface area contributed by atoms with Gasteiger partial charge in [-0.25, -0.2) is 13.2 Å². The van der Waals surface area contributed by atoms with Gasteiger partial charge in [0.05, 0.1) is 18.7 Å². The molecule has 0 radical (unpaired) electrons. The number of esters is 1. The molecule has 0 aromatic carbocycles. The number of carbonyl (C=O) groups is 2. The molecule has 1 aliphatic heterocycles. The van der Waals surface area contributed by atoms with Crippen molar-refractivity contribution in [3.05, 3.63) is 11.8 Å². The zero-order valence-electron chi connectivity index (χ0n) is 16.0. The molecule has 0 spiro atoms. The van der Waals surface area contributed by atoms with E-state index in [-0.39, 0.29) is 35.7 Å². The minimum absolute atomic E-state index is 0.0722. The van der Waals surface area contributed by atoms with Crippen LogP contribution < -0.4 is 5.32 Å². The smallest absolute Gasteiger partial charge is 0.342 e. The topological polar surface area (TPSA) is 121 Å². The van der Waals surface area contributed by atoms with Gasteiger partial charge in [-0.15, -0.1) is 0 Å². The first kappa shape index (κ1) is 21.4. The number of unbranched alkanes of at least 4 members (excludes halogenated alkanes) is 1. The van der Waals surface area contributed by atoms with E-state index in [1.165, 1.54) is 4.31 Å². The van der Waals surface area contributed by atoms with E-state index in [1.54, 1.807) is 13.8 Å². The second kappa shape index (κ2) is 9.32. The lowest BCUT2D eigenvalue weighted by Crippen LogP contribution is -2.49. The highest BCUT2D eigenvalue weighted by atomic mass is 32.2. The Morgan fingerprint density at radius 3 is 2.78 bits per heavy atom. The van der Waals surface area contributed by atoms with E-state index >= 15 is 0 Å². The Bertz CT molecular complexity index is 761. The molecular weight excluding hydrogens is 372 g/mol. The summed E-state index contributed by atoms with van der Waals surface area (Å²) >= 11 is 0. The summed E-state index contributed by atoms with van der Waals surface area (Å²) in [5.74, 6) is -1.30. The first-order valence-corrected chi connectivity index (χ1v) is 10.8. The van der Waals surface area contributed by atoms with Crippen molar-refractivity contribution in [2.24, 2.45) is 5.92 Å². The number of sulfonamides is 1.